The number of carbonyl (C=O) groups excluding carboxylic acids is 1. The van der Waals surface area contributed by atoms with Gasteiger partial charge in [-0.15, -0.1) is 0 Å². The minimum absolute atomic E-state index is 0.218. The summed E-state index contributed by atoms with van der Waals surface area (Å²) in [6, 6.07) is 12.2. The molecule has 2 heterocycles. The molecule has 0 radical (unpaired) electrons. The molecule has 0 spiro atoms. The van der Waals surface area contributed by atoms with Crippen molar-refractivity contribution in [2.45, 2.75) is 19.5 Å². The van der Waals surface area contributed by atoms with Gasteiger partial charge in [-0.25, -0.2) is 4.79 Å². The number of ether oxygens (including phenoxy) is 2. The van der Waals surface area contributed by atoms with Crippen LogP contribution in [0.25, 0.3) is 10.9 Å². The lowest BCUT2D eigenvalue weighted by molar-refractivity contribution is 0.0600. The Labute approximate surface area is 170 Å². The molecule has 0 unspecified atom stereocenters. The smallest absolute Gasteiger partial charge is 0.337 e. The van der Waals surface area contributed by atoms with Crippen molar-refractivity contribution in [2.24, 2.45) is 0 Å². The van der Waals surface area contributed by atoms with Crippen LogP contribution in [-0.2, 0) is 11.3 Å². The van der Waals surface area contributed by atoms with Crippen LogP contribution in [0, 0.1) is 6.92 Å². The van der Waals surface area contributed by atoms with Crippen molar-refractivity contribution in [1.29, 1.82) is 0 Å². The Morgan fingerprint density at radius 3 is 2.72 bits per heavy atom. The summed E-state index contributed by atoms with van der Waals surface area (Å²) in [5.41, 5.74) is 5.30. The van der Waals surface area contributed by atoms with Crippen LogP contribution in [0.1, 0.15) is 33.1 Å². The van der Waals surface area contributed by atoms with E-state index in [1.165, 1.54) is 29.2 Å². The monoisotopic (exact) mass is 393 g/mol. The van der Waals surface area contributed by atoms with Crippen LogP contribution in [0.3, 0.4) is 0 Å². The van der Waals surface area contributed by atoms with Crippen molar-refractivity contribution < 1.29 is 14.3 Å². The van der Waals surface area contributed by atoms with Gasteiger partial charge in [0.2, 0.25) is 0 Å². The highest BCUT2D eigenvalue weighted by Crippen LogP contribution is 2.34. The largest absolute Gasteiger partial charge is 0.496 e. The number of hydrogen-bond acceptors (Lipinski definition) is 5. The molecule has 2 aromatic carbocycles. The van der Waals surface area contributed by atoms with Crippen molar-refractivity contribution in [3.63, 3.8) is 0 Å². The predicted octanol–water partition coefficient (Wildman–Crippen LogP) is 3.42. The van der Waals surface area contributed by atoms with Gasteiger partial charge in [0.15, 0.2) is 0 Å². The van der Waals surface area contributed by atoms with E-state index < -0.39 is 0 Å². The number of fused-ring (bicyclic) bond motifs is 1. The topological polar surface area (TPSA) is 66.6 Å². The summed E-state index contributed by atoms with van der Waals surface area (Å²) in [5.74, 6) is 0.613. The van der Waals surface area contributed by atoms with Gasteiger partial charge in [-0.05, 0) is 42.3 Å². The number of aromatic nitrogens is 1. The SMILES string of the molecule is COC(=O)c1ccc([C@H]2CNCCN2Cc2c(OC)cc(C)c3[nH]ccc23)cc1. The van der Waals surface area contributed by atoms with Crippen molar-refractivity contribution in [3.05, 3.63) is 64.8 Å². The summed E-state index contributed by atoms with van der Waals surface area (Å²) >= 11 is 0. The Kier molecular flexibility index (Phi) is 5.56. The molecule has 1 aliphatic heterocycles. The number of piperazine rings is 1. The molecule has 1 saturated heterocycles. The minimum atomic E-state index is -0.311. The zero-order valence-corrected chi connectivity index (χ0v) is 17.1. The Morgan fingerprint density at radius 1 is 1.21 bits per heavy atom. The Hall–Kier alpha value is -2.83. The normalized spacial score (nSPS) is 17.4. The number of hydrogen-bond donors (Lipinski definition) is 2. The van der Waals surface area contributed by atoms with E-state index in [1.54, 1.807) is 7.11 Å². The Balaban J connectivity index is 1.65. The molecule has 0 amide bonds. The lowest BCUT2D eigenvalue weighted by Gasteiger charge is -2.37. The third kappa shape index (κ3) is 3.73. The average molecular weight is 393 g/mol. The number of methoxy groups -OCH3 is 2. The first-order valence-electron chi connectivity index (χ1n) is 9.89. The van der Waals surface area contributed by atoms with Crippen LogP contribution in [-0.4, -0.2) is 49.7 Å². The molecule has 1 fully saturated rings. The fourth-order valence-corrected chi connectivity index (χ4v) is 4.21. The molecule has 152 valence electrons. The number of nitrogens with zero attached hydrogens (tertiary/aromatic N) is 1. The highest BCUT2D eigenvalue weighted by molar-refractivity contribution is 5.89. The predicted molar refractivity (Wildman–Crippen MR) is 113 cm³/mol. The average Bonchev–Trinajstić information content (AvgIpc) is 3.26. The molecule has 0 saturated carbocycles. The zero-order valence-electron chi connectivity index (χ0n) is 17.1. The van der Waals surface area contributed by atoms with Crippen molar-refractivity contribution >= 4 is 16.9 Å². The minimum Gasteiger partial charge on any atom is -0.496 e. The molecule has 6 heteroatoms. The number of nitrogens with one attached hydrogen (secondary N) is 2. The van der Waals surface area contributed by atoms with E-state index in [0.29, 0.717) is 5.56 Å². The highest BCUT2D eigenvalue weighted by atomic mass is 16.5. The third-order valence-corrected chi connectivity index (χ3v) is 5.76. The fraction of sp³-hybridized carbons (Fsp3) is 0.348. The van der Waals surface area contributed by atoms with Crippen LogP contribution >= 0.6 is 0 Å². The second kappa shape index (κ2) is 8.27. The van der Waals surface area contributed by atoms with Crippen molar-refractivity contribution in [3.8, 4) is 5.75 Å². The van der Waals surface area contributed by atoms with Crippen molar-refractivity contribution in [2.75, 3.05) is 33.9 Å². The van der Waals surface area contributed by atoms with Crippen molar-refractivity contribution in [1.82, 2.24) is 15.2 Å². The molecule has 6 nitrogen and oxygen atoms in total. The lowest BCUT2D eigenvalue weighted by Crippen LogP contribution is -2.45. The maximum atomic E-state index is 11.7. The second-order valence-electron chi connectivity index (χ2n) is 7.44. The molecule has 1 aliphatic rings. The molecule has 1 aromatic heterocycles. The van der Waals surface area contributed by atoms with Gasteiger partial charge >= 0.3 is 5.97 Å². The van der Waals surface area contributed by atoms with Gasteiger partial charge in [-0.1, -0.05) is 12.1 Å². The fourth-order valence-electron chi connectivity index (χ4n) is 4.21. The quantitative estimate of drug-likeness (QED) is 0.650. The summed E-state index contributed by atoms with van der Waals surface area (Å²) in [6.07, 6.45) is 1.99. The number of rotatable bonds is 5. The van der Waals surface area contributed by atoms with E-state index in [-0.39, 0.29) is 12.0 Å². The standard InChI is InChI=1S/C23H27N3O3/c1-15-12-21(28-2)19(18-8-9-25-22(15)18)14-26-11-10-24-13-20(26)16-4-6-17(7-5-16)23(27)29-3/h4-9,12,20,24-25H,10-11,13-14H2,1-3H3/t20-/m1/s1. The van der Waals surface area contributed by atoms with Crippen LogP contribution in [0.2, 0.25) is 0 Å². The molecule has 0 bridgehead atoms. The molecule has 2 N–H and O–H groups in total. The third-order valence-electron chi connectivity index (χ3n) is 5.76. The first kappa shape index (κ1) is 19.5. The number of aryl methyl sites for hydroxylation is 1. The number of esters is 1. The summed E-state index contributed by atoms with van der Waals surface area (Å²) in [5, 5.41) is 4.71. The van der Waals surface area contributed by atoms with Gasteiger partial charge in [0.05, 0.1) is 19.8 Å². The van der Waals surface area contributed by atoms with E-state index >= 15 is 0 Å². The number of H-pyrrole nitrogens is 1. The van der Waals surface area contributed by atoms with Gasteiger partial charge in [0.25, 0.3) is 0 Å². The maximum Gasteiger partial charge on any atom is 0.337 e. The van der Waals surface area contributed by atoms with Crippen LogP contribution < -0.4 is 10.1 Å². The van der Waals surface area contributed by atoms with Gasteiger partial charge < -0.3 is 19.8 Å². The van der Waals surface area contributed by atoms with E-state index in [9.17, 15) is 4.79 Å². The Morgan fingerprint density at radius 2 is 2.00 bits per heavy atom. The summed E-state index contributed by atoms with van der Waals surface area (Å²) in [7, 11) is 3.14. The number of aromatic amines is 1. The molecular weight excluding hydrogens is 366 g/mol. The molecule has 0 aliphatic carbocycles. The van der Waals surface area contributed by atoms with Gasteiger partial charge in [0.1, 0.15) is 5.75 Å². The van der Waals surface area contributed by atoms with Crippen LogP contribution in [0.15, 0.2) is 42.6 Å². The van der Waals surface area contributed by atoms with Gasteiger partial charge in [-0.3, -0.25) is 4.90 Å². The molecule has 29 heavy (non-hydrogen) atoms. The first-order chi connectivity index (χ1) is 14.1. The molecular formula is C23H27N3O3. The molecule has 3 aromatic rings. The Bertz CT molecular complexity index is 1010. The van der Waals surface area contributed by atoms with E-state index in [2.05, 4.69) is 34.3 Å². The van der Waals surface area contributed by atoms with Gasteiger partial charge in [-0.2, -0.15) is 0 Å². The molecule has 1 atom stereocenters. The number of carbonyl (C=O) groups is 1. The maximum absolute atomic E-state index is 11.7. The number of benzene rings is 2. The lowest BCUT2D eigenvalue weighted by atomic mass is 9.99. The summed E-state index contributed by atoms with van der Waals surface area (Å²) in [4.78, 5) is 17.6. The van der Waals surface area contributed by atoms with Gasteiger partial charge in [0, 0.05) is 54.9 Å². The summed E-state index contributed by atoms with van der Waals surface area (Å²) < 4.78 is 10.5. The zero-order chi connectivity index (χ0) is 20.4. The van der Waals surface area contributed by atoms with E-state index in [4.69, 9.17) is 9.47 Å². The highest BCUT2D eigenvalue weighted by Gasteiger charge is 2.26. The van der Waals surface area contributed by atoms with E-state index in [1.807, 2.05) is 30.5 Å². The van der Waals surface area contributed by atoms with E-state index in [0.717, 1.165) is 37.4 Å². The second-order valence-corrected chi connectivity index (χ2v) is 7.44. The van der Waals surface area contributed by atoms with Crippen LogP contribution in [0.4, 0.5) is 0 Å². The summed E-state index contributed by atoms with van der Waals surface area (Å²) in [6.45, 7) is 5.64. The first-order valence-corrected chi connectivity index (χ1v) is 9.89. The van der Waals surface area contributed by atoms with Crippen LogP contribution in [0.5, 0.6) is 5.75 Å². The molecule has 4 rings (SSSR count).